The minimum absolute atomic E-state index is 0.448. The summed E-state index contributed by atoms with van der Waals surface area (Å²) in [6, 6.07) is 8.46. The molecular formula is C13H8Cl2O3. The van der Waals surface area contributed by atoms with Crippen LogP contribution in [0.15, 0.2) is 40.8 Å². The Hall–Kier alpha value is -1.71. The molecule has 0 unspecified atom stereocenters. The highest BCUT2D eigenvalue weighted by Gasteiger charge is 2.05. The van der Waals surface area contributed by atoms with E-state index in [1.165, 1.54) is 6.08 Å². The summed E-state index contributed by atoms with van der Waals surface area (Å²) in [4.78, 5) is 10.4. The van der Waals surface area contributed by atoms with Gasteiger partial charge in [-0.3, -0.25) is 0 Å². The molecule has 0 aliphatic rings. The number of aliphatic carboxylic acids is 1. The summed E-state index contributed by atoms with van der Waals surface area (Å²) in [7, 11) is 0. The molecule has 0 fully saturated rings. The smallest absolute Gasteiger partial charge is 0.328 e. The Bertz CT molecular complexity index is 594. The molecule has 2 rings (SSSR count). The summed E-state index contributed by atoms with van der Waals surface area (Å²) in [5, 5.41) is 9.53. The number of furan rings is 1. The third kappa shape index (κ3) is 3.15. The summed E-state index contributed by atoms with van der Waals surface area (Å²) < 4.78 is 5.46. The zero-order valence-corrected chi connectivity index (χ0v) is 10.6. The fraction of sp³-hybridized carbons (Fsp3) is 0. The van der Waals surface area contributed by atoms with Gasteiger partial charge < -0.3 is 9.52 Å². The van der Waals surface area contributed by atoms with Gasteiger partial charge in [0.1, 0.15) is 11.5 Å². The monoisotopic (exact) mass is 282 g/mol. The van der Waals surface area contributed by atoms with E-state index >= 15 is 0 Å². The molecule has 1 heterocycles. The Morgan fingerprint density at radius 1 is 1.17 bits per heavy atom. The molecule has 0 bridgehead atoms. The van der Waals surface area contributed by atoms with Crippen molar-refractivity contribution < 1.29 is 14.3 Å². The van der Waals surface area contributed by atoms with Crippen LogP contribution in [0.25, 0.3) is 17.4 Å². The lowest BCUT2D eigenvalue weighted by molar-refractivity contribution is -0.131. The molecule has 18 heavy (non-hydrogen) atoms. The largest absolute Gasteiger partial charge is 0.478 e. The Balaban J connectivity index is 2.32. The Labute approximate surface area is 113 Å². The third-order valence-corrected chi connectivity index (χ3v) is 2.60. The van der Waals surface area contributed by atoms with E-state index < -0.39 is 5.97 Å². The lowest BCUT2D eigenvalue weighted by Gasteiger charge is -1.99. The van der Waals surface area contributed by atoms with Crippen molar-refractivity contribution in [1.29, 1.82) is 0 Å². The predicted octanol–water partition coefficient (Wildman–Crippen LogP) is 4.35. The molecule has 1 N–H and O–H groups in total. The van der Waals surface area contributed by atoms with E-state index in [0.717, 1.165) is 11.6 Å². The molecule has 92 valence electrons. The van der Waals surface area contributed by atoms with Crippen LogP contribution in [0.1, 0.15) is 5.76 Å². The van der Waals surface area contributed by atoms with Crippen molar-refractivity contribution in [2.75, 3.05) is 0 Å². The number of carboxylic acid groups (broad SMARTS) is 1. The molecule has 0 spiro atoms. The van der Waals surface area contributed by atoms with Gasteiger partial charge in [0, 0.05) is 21.7 Å². The number of halogens is 2. The van der Waals surface area contributed by atoms with E-state index in [-0.39, 0.29) is 0 Å². The van der Waals surface area contributed by atoms with Gasteiger partial charge in [-0.1, -0.05) is 23.2 Å². The summed E-state index contributed by atoms with van der Waals surface area (Å²) in [6.45, 7) is 0. The zero-order valence-electron chi connectivity index (χ0n) is 9.06. The maximum absolute atomic E-state index is 10.4. The molecule has 0 aliphatic heterocycles. The topological polar surface area (TPSA) is 50.4 Å². The van der Waals surface area contributed by atoms with Crippen LogP contribution in [0.5, 0.6) is 0 Å². The fourth-order valence-corrected chi connectivity index (χ4v) is 1.97. The first kappa shape index (κ1) is 12.7. The number of hydrogen-bond acceptors (Lipinski definition) is 2. The quantitative estimate of drug-likeness (QED) is 0.852. The van der Waals surface area contributed by atoms with Crippen LogP contribution in [-0.4, -0.2) is 11.1 Å². The molecule has 1 aromatic heterocycles. The highest BCUT2D eigenvalue weighted by Crippen LogP contribution is 2.28. The molecule has 0 atom stereocenters. The highest BCUT2D eigenvalue weighted by atomic mass is 35.5. The molecule has 5 heteroatoms. The standard InChI is InChI=1S/C13H8Cl2O3/c14-9-5-8(6-10(15)7-9)12-3-1-11(18-12)2-4-13(16)17/h1-7H,(H,16,17). The molecule has 0 amide bonds. The van der Waals surface area contributed by atoms with Crippen molar-refractivity contribution in [2.45, 2.75) is 0 Å². The molecule has 0 saturated heterocycles. The van der Waals surface area contributed by atoms with Crippen LogP contribution in [0, 0.1) is 0 Å². The average molecular weight is 283 g/mol. The van der Waals surface area contributed by atoms with Crippen LogP contribution in [-0.2, 0) is 4.79 Å². The number of carbonyl (C=O) groups is 1. The average Bonchev–Trinajstić information content (AvgIpc) is 2.73. The zero-order chi connectivity index (χ0) is 13.1. The van der Waals surface area contributed by atoms with E-state index in [4.69, 9.17) is 32.7 Å². The number of carboxylic acids is 1. The van der Waals surface area contributed by atoms with Crippen molar-refractivity contribution in [3.63, 3.8) is 0 Å². The van der Waals surface area contributed by atoms with E-state index in [1.807, 2.05) is 0 Å². The van der Waals surface area contributed by atoms with Gasteiger partial charge in [0.2, 0.25) is 0 Å². The van der Waals surface area contributed by atoms with Crippen molar-refractivity contribution >= 4 is 35.2 Å². The third-order valence-electron chi connectivity index (χ3n) is 2.16. The van der Waals surface area contributed by atoms with Gasteiger partial charge >= 0.3 is 5.97 Å². The first-order valence-corrected chi connectivity index (χ1v) is 5.77. The van der Waals surface area contributed by atoms with E-state index in [2.05, 4.69) is 0 Å². The van der Waals surface area contributed by atoms with E-state index in [1.54, 1.807) is 30.3 Å². The number of benzene rings is 1. The lowest BCUT2D eigenvalue weighted by Crippen LogP contribution is -1.84. The van der Waals surface area contributed by atoms with Crippen LogP contribution < -0.4 is 0 Å². The maximum Gasteiger partial charge on any atom is 0.328 e. The summed E-state index contributed by atoms with van der Waals surface area (Å²) in [5.74, 6) is -0.00770. The molecule has 2 aromatic rings. The minimum atomic E-state index is -1.03. The van der Waals surface area contributed by atoms with Crippen molar-refractivity contribution in [1.82, 2.24) is 0 Å². The van der Waals surface area contributed by atoms with Crippen LogP contribution >= 0.6 is 23.2 Å². The molecule has 0 aliphatic carbocycles. The molecule has 1 aromatic carbocycles. The van der Waals surface area contributed by atoms with Crippen molar-refractivity contribution in [2.24, 2.45) is 0 Å². The minimum Gasteiger partial charge on any atom is -0.478 e. The van der Waals surface area contributed by atoms with Gasteiger partial charge in [0.15, 0.2) is 0 Å². The van der Waals surface area contributed by atoms with Crippen LogP contribution in [0.2, 0.25) is 10.0 Å². The molecule has 3 nitrogen and oxygen atoms in total. The van der Waals surface area contributed by atoms with Crippen molar-refractivity contribution in [3.05, 3.63) is 52.2 Å². The van der Waals surface area contributed by atoms with Crippen molar-refractivity contribution in [3.8, 4) is 11.3 Å². The Morgan fingerprint density at radius 2 is 1.83 bits per heavy atom. The Kier molecular flexibility index (Phi) is 3.75. The highest BCUT2D eigenvalue weighted by molar-refractivity contribution is 6.35. The van der Waals surface area contributed by atoms with E-state index in [9.17, 15) is 4.79 Å². The van der Waals surface area contributed by atoms with Gasteiger partial charge in [0.25, 0.3) is 0 Å². The van der Waals surface area contributed by atoms with Gasteiger partial charge in [-0.25, -0.2) is 4.79 Å². The van der Waals surface area contributed by atoms with Crippen LogP contribution in [0.4, 0.5) is 0 Å². The maximum atomic E-state index is 10.4. The summed E-state index contributed by atoms with van der Waals surface area (Å²) in [5.41, 5.74) is 0.738. The predicted molar refractivity (Wildman–Crippen MR) is 70.8 cm³/mol. The van der Waals surface area contributed by atoms with Gasteiger partial charge in [-0.15, -0.1) is 0 Å². The second-order valence-corrected chi connectivity index (χ2v) is 4.40. The number of rotatable bonds is 3. The molecule has 0 radical (unpaired) electrons. The second-order valence-electron chi connectivity index (χ2n) is 3.53. The summed E-state index contributed by atoms with van der Waals surface area (Å²) in [6.07, 6.45) is 2.38. The fourth-order valence-electron chi connectivity index (χ4n) is 1.45. The Morgan fingerprint density at radius 3 is 2.44 bits per heavy atom. The first-order valence-electron chi connectivity index (χ1n) is 5.02. The van der Waals surface area contributed by atoms with Crippen LogP contribution in [0.3, 0.4) is 0 Å². The molecule has 0 saturated carbocycles. The summed E-state index contributed by atoms with van der Waals surface area (Å²) >= 11 is 11.8. The lowest BCUT2D eigenvalue weighted by atomic mass is 10.2. The molecular weight excluding hydrogens is 275 g/mol. The van der Waals surface area contributed by atoms with Gasteiger partial charge in [-0.2, -0.15) is 0 Å². The SMILES string of the molecule is O=C(O)C=Cc1ccc(-c2cc(Cl)cc(Cl)c2)o1. The van der Waals surface area contributed by atoms with E-state index in [0.29, 0.717) is 21.6 Å². The normalized spacial score (nSPS) is 11.0. The first-order chi connectivity index (χ1) is 8.54. The van der Waals surface area contributed by atoms with Gasteiger partial charge in [0.05, 0.1) is 0 Å². The second kappa shape index (κ2) is 5.29. The number of hydrogen-bond donors (Lipinski definition) is 1. The van der Waals surface area contributed by atoms with Gasteiger partial charge in [-0.05, 0) is 36.4 Å².